The number of hydrogen-bond acceptors (Lipinski definition) is 3. The summed E-state index contributed by atoms with van der Waals surface area (Å²) in [5.41, 5.74) is 16.7. The summed E-state index contributed by atoms with van der Waals surface area (Å²) in [4.78, 5) is 11.8. The lowest BCUT2D eigenvalue weighted by atomic mass is 10.2. The van der Waals surface area contributed by atoms with Crippen molar-refractivity contribution in [2.75, 3.05) is 0 Å². The predicted octanol–water partition coefficient (Wildman–Crippen LogP) is -0.0431. The van der Waals surface area contributed by atoms with Gasteiger partial charge in [-0.3, -0.25) is 0 Å². The van der Waals surface area contributed by atoms with E-state index >= 15 is 0 Å². The van der Waals surface area contributed by atoms with Crippen LogP contribution in [0.1, 0.15) is 19.4 Å². The van der Waals surface area contributed by atoms with Crippen molar-refractivity contribution in [1.29, 1.82) is 0 Å². The Labute approximate surface area is 106 Å². The summed E-state index contributed by atoms with van der Waals surface area (Å²) in [6.07, 6.45) is 1.70. The maximum atomic E-state index is 5.55. The van der Waals surface area contributed by atoms with Gasteiger partial charge in [0.15, 0.2) is 5.96 Å². The Morgan fingerprint density at radius 1 is 1.39 bits per heavy atom. The Bertz CT molecular complexity index is 451. The molecule has 0 aliphatic carbocycles. The van der Waals surface area contributed by atoms with Crippen molar-refractivity contribution in [3.63, 3.8) is 0 Å². The molecule has 1 aromatic heterocycles. The van der Waals surface area contributed by atoms with E-state index in [4.69, 9.17) is 21.9 Å². The monoisotopic (exact) mass is 250 g/mol. The Balaban J connectivity index is 2.81. The van der Waals surface area contributed by atoms with Crippen LogP contribution in [0, 0.1) is 0 Å². The van der Waals surface area contributed by atoms with Crippen LogP contribution in [0.5, 0.6) is 5.88 Å². The number of guanidine groups is 2. The van der Waals surface area contributed by atoms with E-state index in [0.717, 1.165) is 5.56 Å². The van der Waals surface area contributed by atoms with Gasteiger partial charge >= 0.3 is 0 Å². The number of ether oxygens (including phenoxy) is 1. The van der Waals surface area contributed by atoms with Gasteiger partial charge in [-0.05, 0) is 19.9 Å². The largest absolute Gasteiger partial charge is 0.475 e. The molecule has 0 spiro atoms. The van der Waals surface area contributed by atoms with Gasteiger partial charge in [-0.15, -0.1) is 0 Å². The number of nitrogens with two attached hydrogens (primary N) is 3. The summed E-state index contributed by atoms with van der Waals surface area (Å²) in [6.45, 7) is 4.16. The van der Waals surface area contributed by atoms with E-state index in [1.807, 2.05) is 19.9 Å². The Morgan fingerprint density at radius 2 is 2.11 bits per heavy atom. The summed E-state index contributed by atoms with van der Waals surface area (Å²) in [6, 6.07) is 3.66. The lowest BCUT2D eigenvalue weighted by Gasteiger charge is -2.11. The van der Waals surface area contributed by atoms with Gasteiger partial charge in [-0.1, -0.05) is 6.07 Å². The lowest BCUT2D eigenvalue weighted by molar-refractivity contribution is 0.230. The average Bonchev–Trinajstić information content (AvgIpc) is 2.26. The molecule has 0 radical (unpaired) electrons. The smallest absolute Gasteiger partial charge is 0.218 e. The van der Waals surface area contributed by atoms with Crippen LogP contribution < -0.4 is 21.9 Å². The maximum absolute atomic E-state index is 5.55. The third-order valence-electron chi connectivity index (χ3n) is 1.85. The molecule has 1 rings (SSSR count). The van der Waals surface area contributed by atoms with E-state index in [0.29, 0.717) is 12.4 Å². The standard InChI is InChI=1S/C11H18N6O/c1-7(2)18-9-8(4-3-5-15-9)6-16-11(14)17-10(12)13/h3-5,7H,6H2,1-2H3,(H6,12,13,14,16,17). The highest BCUT2D eigenvalue weighted by atomic mass is 16.5. The first kappa shape index (κ1) is 13.8. The molecule has 0 atom stereocenters. The van der Waals surface area contributed by atoms with Crippen LogP contribution in [-0.2, 0) is 6.54 Å². The highest BCUT2D eigenvalue weighted by Gasteiger charge is 2.05. The number of rotatable bonds is 4. The quantitative estimate of drug-likeness (QED) is 0.510. The molecule has 18 heavy (non-hydrogen) atoms. The molecule has 0 aliphatic heterocycles. The second-order valence-electron chi connectivity index (χ2n) is 3.85. The molecule has 0 saturated carbocycles. The van der Waals surface area contributed by atoms with Crippen LogP contribution in [0.4, 0.5) is 0 Å². The molecule has 0 aliphatic rings. The molecule has 0 bridgehead atoms. The van der Waals surface area contributed by atoms with Gasteiger partial charge in [0.2, 0.25) is 11.8 Å². The number of nitrogens with zero attached hydrogens (tertiary/aromatic N) is 3. The van der Waals surface area contributed by atoms with Crippen LogP contribution in [0.15, 0.2) is 28.3 Å². The van der Waals surface area contributed by atoms with E-state index in [1.165, 1.54) is 0 Å². The molecular weight excluding hydrogens is 232 g/mol. The van der Waals surface area contributed by atoms with Crippen LogP contribution in [0.25, 0.3) is 0 Å². The maximum Gasteiger partial charge on any atom is 0.218 e. The zero-order valence-electron chi connectivity index (χ0n) is 10.5. The van der Waals surface area contributed by atoms with E-state index in [-0.39, 0.29) is 18.0 Å². The SMILES string of the molecule is CC(C)Oc1ncccc1CN=C(N)N=C(N)N. The van der Waals surface area contributed by atoms with E-state index in [2.05, 4.69) is 15.0 Å². The predicted molar refractivity (Wildman–Crippen MR) is 71.1 cm³/mol. The summed E-state index contributed by atoms with van der Waals surface area (Å²) in [5.74, 6) is 0.434. The second-order valence-corrected chi connectivity index (χ2v) is 3.85. The van der Waals surface area contributed by atoms with Crippen LogP contribution in [-0.4, -0.2) is 23.0 Å². The van der Waals surface area contributed by atoms with Gasteiger partial charge in [0.25, 0.3) is 0 Å². The van der Waals surface area contributed by atoms with Gasteiger partial charge < -0.3 is 21.9 Å². The molecule has 1 aromatic rings. The Hall–Kier alpha value is -2.31. The molecule has 0 saturated heterocycles. The fraction of sp³-hybridized carbons (Fsp3) is 0.364. The molecule has 7 heteroatoms. The van der Waals surface area contributed by atoms with Crippen molar-refractivity contribution in [2.24, 2.45) is 27.2 Å². The molecule has 0 aromatic carbocycles. The van der Waals surface area contributed by atoms with Gasteiger partial charge in [0, 0.05) is 11.8 Å². The van der Waals surface area contributed by atoms with Crippen molar-refractivity contribution in [2.45, 2.75) is 26.5 Å². The lowest BCUT2D eigenvalue weighted by Crippen LogP contribution is -2.26. The molecule has 6 N–H and O–H groups in total. The first-order chi connectivity index (χ1) is 8.49. The Morgan fingerprint density at radius 3 is 2.72 bits per heavy atom. The average molecular weight is 250 g/mol. The first-order valence-corrected chi connectivity index (χ1v) is 5.49. The molecule has 1 heterocycles. The molecule has 98 valence electrons. The fourth-order valence-electron chi connectivity index (χ4n) is 1.21. The minimum atomic E-state index is -0.124. The minimum Gasteiger partial charge on any atom is -0.475 e. The molecule has 0 unspecified atom stereocenters. The van der Waals surface area contributed by atoms with Gasteiger partial charge in [0.05, 0.1) is 12.6 Å². The topological polar surface area (TPSA) is 125 Å². The third kappa shape index (κ3) is 4.69. The summed E-state index contributed by atoms with van der Waals surface area (Å²) < 4.78 is 5.55. The number of pyridine rings is 1. The normalized spacial score (nSPS) is 11.4. The van der Waals surface area contributed by atoms with Gasteiger partial charge in [0.1, 0.15) is 0 Å². The van der Waals surface area contributed by atoms with Crippen molar-refractivity contribution >= 4 is 11.9 Å². The van der Waals surface area contributed by atoms with Crippen LogP contribution >= 0.6 is 0 Å². The number of hydrogen-bond donors (Lipinski definition) is 3. The molecular formula is C11H18N6O. The zero-order chi connectivity index (χ0) is 13.5. The van der Waals surface area contributed by atoms with E-state index < -0.39 is 0 Å². The highest BCUT2D eigenvalue weighted by Crippen LogP contribution is 2.16. The van der Waals surface area contributed by atoms with Crippen molar-refractivity contribution in [3.05, 3.63) is 23.9 Å². The van der Waals surface area contributed by atoms with Gasteiger partial charge in [-0.25, -0.2) is 9.98 Å². The van der Waals surface area contributed by atoms with Crippen molar-refractivity contribution in [1.82, 2.24) is 4.98 Å². The van der Waals surface area contributed by atoms with Gasteiger partial charge in [-0.2, -0.15) is 4.99 Å². The fourth-order valence-corrected chi connectivity index (χ4v) is 1.21. The third-order valence-corrected chi connectivity index (χ3v) is 1.85. The van der Waals surface area contributed by atoms with Crippen molar-refractivity contribution < 1.29 is 4.74 Å². The second kappa shape index (κ2) is 6.43. The first-order valence-electron chi connectivity index (χ1n) is 5.49. The van der Waals surface area contributed by atoms with E-state index in [1.54, 1.807) is 12.3 Å². The Kier molecular flexibility index (Phi) is 4.91. The van der Waals surface area contributed by atoms with Crippen LogP contribution in [0.3, 0.4) is 0 Å². The summed E-state index contributed by atoms with van der Waals surface area (Å²) in [5, 5.41) is 0. The molecule has 0 amide bonds. The number of aromatic nitrogens is 1. The number of aliphatic imine (C=N–C) groups is 2. The molecule has 0 fully saturated rings. The van der Waals surface area contributed by atoms with Crippen LogP contribution in [0.2, 0.25) is 0 Å². The molecule has 7 nitrogen and oxygen atoms in total. The highest BCUT2D eigenvalue weighted by molar-refractivity contribution is 5.92. The minimum absolute atomic E-state index is 0.0225. The van der Waals surface area contributed by atoms with E-state index in [9.17, 15) is 0 Å². The summed E-state index contributed by atoms with van der Waals surface area (Å²) >= 11 is 0. The van der Waals surface area contributed by atoms with Crippen molar-refractivity contribution in [3.8, 4) is 5.88 Å². The summed E-state index contributed by atoms with van der Waals surface area (Å²) in [7, 11) is 0. The zero-order valence-corrected chi connectivity index (χ0v) is 10.5.